The van der Waals surface area contributed by atoms with E-state index < -0.39 is 0 Å². The number of thioether (sulfide) groups is 1. The van der Waals surface area contributed by atoms with Crippen LogP contribution in [0.25, 0.3) is 6.08 Å². The average molecular weight is 242 g/mol. The van der Waals surface area contributed by atoms with E-state index in [1.165, 1.54) is 11.8 Å². The molecule has 1 amide bonds. The molecule has 2 heterocycles. The number of aryl methyl sites for hydroxylation is 1. The quantitative estimate of drug-likeness (QED) is 0.603. The highest BCUT2D eigenvalue weighted by molar-refractivity contribution is 8.26. The van der Waals surface area contributed by atoms with Gasteiger partial charge in [0, 0.05) is 5.38 Å². The van der Waals surface area contributed by atoms with E-state index >= 15 is 0 Å². The van der Waals surface area contributed by atoms with Gasteiger partial charge in [0.15, 0.2) is 0 Å². The lowest BCUT2D eigenvalue weighted by Gasteiger charge is -1.87. The van der Waals surface area contributed by atoms with Crippen LogP contribution in [0.4, 0.5) is 0 Å². The number of aromatic nitrogens is 1. The molecule has 6 heteroatoms. The standard InChI is InChI=1S/C8H6N2OS3/c1-4-9-5(3-13-4)2-6-7(11)10-8(12)14-6/h2-3H,1H3,(H,10,11,12)/b6-2-. The van der Waals surface area contributed by atoms with Gasteiger partial charge in [0.2, 0.25) is 0 Å². The van der Waals surface area contributed by atoms with Crippen molar-refractivity contribution in [3.8, 4) is 0 Å². The monoisotopic (exact) mass is 242 g/mol. The lowest BCUT2D eigenvalue weighted by molar-refractivity contribution is -0.115. The fourth-order valence-corrected chi connectivity index (χ4v) is 2.60. The minimum atomic E-state index is -0.134. The normalized spacial score (nSPS) is 19.1. The molecule has 3 nitrogen and oxygen atoms in total. The Hall–Kier alpha value is -0.720. The predicted octanol–water partition coefficient (Wildman–Crippen LogP) is 1.94. The van der Waals surface area contributed by atoms with Crippen molar-refractivity contribution in [2.45, 2.75) is 6.92 Å². The van der Waals surface area contributed by atoms with Crippen molar-refractivity contribution in [1.29, 1.82) is 0 Å². The maximum absolute atomic E-state index is 11.3. The lowest BCUT2D eigenvalue weighted by Crippen LogP contribution is -2.17. The number of thiocarbonyl (C=S) groups is 1. The van der Waals surface area contributed by atoms with Gasteiger partial charge in [-0.1, -0.05) is 24.0 Å². The predicted molar refractivity (Wildman–Crippen MR) is 63.2 cm³/mol. The minimum absolute atomic E-state index is 0.134. The fraction of sp³-hybridized carbons (Fsp3) is 0.125. The third-order valence-corrected chi connectivity index (χ3v) is 3.51. The molecule has 0 atom stereocenters. The van der Waals surface area contributed by atoms with Crippen LogP contribution in [0.2, 0.25) is 0 Å². The Bertz CT molecular complexity index is 436. The summed E-state index contributed by atoms with van der Waals surface area (Å²) in [5, 5.41) is 5.46. The molecule has 72 valence electrons. The van der Waals surface area contributed by atoms with Gasteiger partial charge in [-0.25, -0.2) is 4.98 Å². The van der Waals surface area contributed by atoms with E-state index in [2.05, 4.69) is 10.3 Å². The topological polar surface area (TPSA) is 42.0 Å². The molecular weight excluding hydrogens is 236 g/mol. The molecule has 14 heavy (non-hydrogen) atoms. The first-order valence-corrected chi connectivity index (χ1v) is 5.92. The first-order valence-electron chi connectivity index (χ1n) is 3.82. The zero-order valence-electron chi connectivity index (χ0n) is 7.23. The number of nitrogens with one attached hydrogen (secondary N) is 1. The van der Waals surface area contributed by atoms with Gasteiger partial charge in [0.1, 0.15) is 4.32 Å². The summed E-state index contributed by atoms with van der Waals surface area (Å²) in [4.78, 5) is 16.1. The van der Waals surface area contributed by atoms with Gasteiger partial charge >= 0.3 is 0 Å². The number of rotatable bonds is 1. The molecule has 1 aromatic heterocycles. The van der Waals surface area contributed by atoms with E-state index in [4.69, 9.17) is 12.2 Å². The Morgan fingerprint density at radius 3 is 2.93 bits per heavy atom. The Balaban J connectivity index is 2.27. The summed E-state index contributed by atoms with van der Waals surface area (Å²) in [7, 11) is 0. The van der Waals surface area contributed by atoms with Crippen molar-refractivity contribution in [2.24, 2.45) is 0 Å². The van der Waals surface area contributed by atoms with E-state index in [0.717, 1.165) is 10.7 Å². The molecule has 2 rings (SSSR count). The number of hydrogen-bond acceptors (Lipinski definition) is 5. The Labute approximate surface area is 94.6 Å². The van der Waals surface area contributed by atoms with Crippen LogP contribution in [0.3, 0.4) is 0 Å². The summed E-state index contributed by atoms with van der Waals surface area (Å²) in [6.45, 7) is 1.93. The van der Waals surface area contributed by atoms with Gasteiger partial charge in [-0.2, -0.15) is 0 Å². The van der Waals surface area contributed by atoms with Crippen LogP contribution < -0.4 is 5.32 Å². The summed E-state index contributed by atoms with van der Waals surface area (Å²) in [5.41, 5.74) is 0.815. The van der Waals surface area contributed by atoms with Crippen LogP contribution in [0.1, 0.15) is 10.7 Å². The van der Waals surface area contributed by atoms with Crippen molar-refractivity contribution in [3.05, 3.63) is 21.0 Å². The average Bonchev–Trinajstić information content (AvgIpc) is 2.61. The second kappa shape index (κ2) is 3.80. The maximum Gasteiger partial charge on any atom is 0.263 e. The zero-order chi connectivity index (χ0) is 10.1. The second-order valence-electron chi connectivity index (χ2n) is 2.64. The van der Waals surface area contributed by atoms with Crippen LogP contribution in [-0.2, 0) is 4.79 Å². The molecule has 1 fully saturated rings. The molecule has 0 bridgehead atoms. The molecule has 0 saturated carbocycles. The fourth-order valence-electron chi connectivity index (χ4n) is 1.00. The summed E-state index contributed by atoms with van der Waals surface area (Å²) in [5.74, 6) is -0.134. The first-order chi connectivity index (χ1) is 6.65. The van der Waals surface area contributed by atoms with Crippen molar-refractivity contribution in [3.63, 3.8) is 0 Å². The number of thiazole rings is 1. The van der Waals surface area contributed by atoms with Gasteiger partial charge in [-0.15, -0.1) is 11.3 Å². The van der Waals surface area contributed by atoms with Gasteiger partial charge < -0.3 is 5.32 Å². The van der Waals surface area contributed by atoms with E-state index in [1.807, 2.05) is 12.3 Å². The van der Waals surface area contributed by atoms with Crippen molar-refractivity contribution in [2.75, 3.05) is 0 Å². The summed E-state index contributed by atoms with van der Waals surface area (Å²) < 4.78 is 0.508. The Morgan fingerprint density at radius 1 is 1.64 bits per heavy atom. The van der Waals surface area contributed by atoms with Gasteiger partial charge in [-0.3, -0.25) is 4.79 Å². The number of hydrogen-bond donors (Lipinski definition) is 1. The van der Waals surface area contributed by atoms with E-state index in [1.54, 1.807) is 17.4 Å². The SMILES string of the molecule is Cc1nc(/C=C2\SC(=S)NC2=O)cs1. The van der Waals surface area contributed by atoms with E-state index in [9.17, 15) is 4.79 Å². The maximum atomic E-state index is 11.3. The molecule has 1 aliphatic heterocycles. The molecule has 1 aliphatic rings. The third-order valence-electron chi connectivity index (χ3n) is 1.56. The molecule has 0 aliphatic carbocycles. The van der Waals surface area contributed by atoms with Crippen molar-refractivity contribution < 1.29 is 4.79 Å². The first kappa shape index (κ1) is 9.82. The smallest absolute Gasteiger partial charge is 0.263 e. The molecule has 0 unspecified atom stereocenters. The Kier molecular flexibility index (Phi) is 2.66. The third kappa shape index (κ3) is 2.02. The number of carbonyl (C=O) groups excluding carboxylic acids is 1. The number of amides is 1. The highest BCUT2D eigenvalue weighted by atomic mass is 32.2. The molecule has 1 saturated heterocycles. The highest BCUT2D eigenvalue weighted by Crippen LogP contribution is 2.25. The summed E-state index contributed by atoms with van der Waals surface area (Å²) >= 11 is 7.70. The van der Waals surface area contributed by atoms with Crippen LogP contribution in [0.5, 0.6) is 0 Å². The van der Waals surface area contributed by atoms with Crippen LogP contribution in [0.15, 0.2) is 10.3 Å². The highest BCUT2D eigenvalue weighted by Gasteiger charge is 2.22. The molecule has 0 spiro atoms. The van der Waals surface area contributed by atoms with Crippen LogP contribution in [-0.4, -0.2) is 15.2 Å². The van der Waals surface area contributed by atoms with Gasteiger partial charge in [0.05, 0.1) is 15.6 Å². The number of carbonyl (C=O) groups is 1. The van der Waals surface area contributed by atoms with Crippen LogP contribution >= 0.6 is 35.3 Å². The molecule has 1 N–H and O–H groups in total. The summed E-state index contributed by atoms with van der Waals surface area (Å²) in [6.07, 6.45) is 1.75. The van der Waals surface area contributed by atoms with Crippen molar-refractivity contribution >= 4 is 51.6 Å². The van der Waals surface area contributed by atoms with E-state index in [-0.39, 0.29) is 5.91 Å². The van der Waals surface area contributed by atoms with Gasteiger partial charge in [-0.05, 0) is 13.0 Å². The molecule has 0 aromatic carbocycles. The molecule has 1 aromatic rings. The van der Waals surface area contributed by atoms with Crippen molar-refractivity contribution in [1.82, 2.24) is 10.3 Å². The largest absolute Gasteiger partial charge is 0.307 e. The number of nitrogens with zero attached hydrogens (tertiary/aromatic N) is 1. The zero-order valence-corrected chi connectivity index (χ0v) is 9.68. The lowest BCUT2D eigenvalue weighted by atomic mass is 10.4. The minimum Gasteiger partial charge on any atom is -0.307 e. The van der Waals surface area contributed by atoms with E-state index in [0.29, 0.717) is 9.23 Å². The van der Waals surface area contributed by atoms with Gasteiger partial charge in [0.25, 0.3) is 5.91 Å². The summed E-state index contributed by atoms with van der Waals surface area (Å²) in [6, 6.07) is 0. The Morgan fingerprint density at radius 2 is 2.43 bits per heavy atom. The second-order valence-corrected chi connectivity index (χ2v) is 5.42. The molecular formula is C8H6N2OS3. The van der Waals surface area contributed by atoms with Crippen LogP contribution in [0, 0.1) is 6.92 Å². The molecule has 0 radical (unpaired) electrons.